The molecule has 0 atom stereocenters. The van der Waals surface area contributed by atoms with Gasteiger partial charge in [-0.2, -0.15) is 4.98 Å². The van der Waals surface area contributed by atoms with Crippen molar-refractivity contribution in [1.82, 2.24) is 15.1 Å². The van der Waals surface area contributed by atoms with Crippen molar-refractivity contribution in [3.63, 3.8) is 0 Å². The second-order valence-electron chi connectivity index (χ2n) is 6.20. The average Bonchev–Trinajstić information content (AvgIpc) is 3.47. The molecular weight excluding hydrogens is 404 g/mol. The Kier molecular flexibility index (Phi) is 6.00. The molecule has 0 amide bonds. The number of hydrogen-bond donors (Lipinski definition) is 1. The van der Waals surface area contributed by atoms with Crippen LogP contribution in [0.25, 0.3) is 11.4 Å². The summed E-state index contributed by atoms with van der Waals surface area (Å²) in [5, 5.41) is 9.39. The molecule has 2 aromatic carbocycles. The van der Waals surface area contributed by atoms with Gasteiger partial charge in [0.1, 0.15) is 5.75 Å². The Morgan fingerprint density at radius 3 is 2.83 bits per heavy atom. The maximum absolute atomic E-state index is 12.3. The number of benzene rings is 2. The van der Waals surface area contributed by atoms with Gasteiger partial charge in [-0.3, -0.25) is 0 Å². The number of anilines is 1. The van der Waals surface area contributed by atoms with E-state index in [9.17, 15) is 4.79 Å². The Morgan fingerprint density at radius 1 is 1.13 bits per heavy atom. The Hall–Kier alpha value is -3.72. The summed E-state index contributed by atoms with van der Waals surface area (Å²) in [5.41, 5.74) is 2.09. The van der Waals surface area contributed by atoms with E-state index in [1.54, 1.807) is 18.6 Å². The van der Waals surface area contributed by atoms with Crippen molar-refractivity contribution in [2.24, 2.45) is 0 Å². The Bertz CT molecular complexity index is 1130. The van der Waals surface area contributed by atoms with E-state index in [0.29, 0.717) is 23.3 Å². The van der Waals surface area contributed by atoms with Crippen molar-refractivity contribution >= 4 is 22.4 Å². The summed E-state index contributed by atoms with van der Waals surface area (Å²) < 4.78 is 15.6. The number of esters is 1. The summed E-state index contributed by atoms with van der Waals surface area (Å²) >= 11 is 1.34. The molecule has 0 saturated carbocycles. The first-order valence-electron chi connectivity index (χ1n) is 9.09. The smallest absolute Gasteiger partial charge is 0.358 e. The first kappa shape index (κ1) is 19.6. The molecule has 0 unspecified atom stereocenters. The van der Waals surface area contributed by atoms with E-state index in [0.717, 1.165) is 11.1 Å². The topological polar surface area (TPSA) is 99.4 Å². The highest BCUT2D eigenvalue weighted by atomic mass is 32.1. The largest absolute Gasteiger partial charge is 0.497 e. The molecule has 9 heteroatoms. The predicted molar refractivity (Wildman–Crippen MR) is 111 cm³/mol. The monoisotopic (exact) mass is 422 g/mol. The Labute approximate surface area is 176 Å². The second-order valence-corrected chi connectivity index (χ2v) is 7.05. The number of rotatable bonds is 8. The zero-order chi connectivity index (χ0) is 20.8. The fraction of sp³-hybridized carbons (Fsp3) is 0.143. The van der Waals surface area contributed by atoms with Gasteiger partial charge in [-0.1, -0.05) is 47.6 Å². The molecule has 1 N–H and O–H groups in total. The lowest BCUT2D eigenvalue weighted by molar-refractivity contribution is 0.0424. The molecule has 0 radical (unpaired) electrons. The maximum Gasteiger partial charge on any atom is 0.358 e. The normalized spacial score (nSPS) is 10.6. The number of hydrogen-bond acceptors (Lipinski definition) is 9. The van der Waals surface area contributed by atoms with Gasteiger partial charge in [-0.15, -0.1) is 11.3 Å². The predicted octanol–water partition coefficient (Wildman–Crippen LogP) is 4.17. The van der Waals surface area contributed by atoms with E-state index in [1.807, 2.05) is 48.5 Å². The van der Waals surface area contributed by atoms with Gasteiger partial charge in [-0.25, -0.2) is 9.78 Å². The summed E-state index contributed by atoms with van der Waals surface area (Å²) in [5.74, 6) is 0.713. The minimum Gasteiger partial charge on any atom is -0.497 e. The van der Waals surface area contributed by atoms with Crippen LogP contribution in [0, 0.1) is 0 Å². The quantitative estimate of drug-likeness (QED) is 0.422. The fourth-order valence-corrected chi connectivity index (χ4v) is 3.30. The highest BCUT2D eigenvalue weighted by molar-refractivity contribution is 7.13. The summed E-state index contributed by atoms with van der Waals surface area (Å²) in [6.07, 6.45) is 0. The lowest BCUT2D eigenvalue weighted by Crippen LogP contribution is -2.06. The Morgan fingerprint density at radius 2 is 2.00 bits per heavy atom. The lowest BCUT2D eigenvalue weighted by atomic mass is 10.2. The molecule has 4 rings (SSSR count). The molecule has 4 aromatic rings. The number of carbonyl (C=O) groups excluding carboxylic acids is 1. The van der Waals surface area contributed by atoms with Gasteiger partial charge in [0.15, 0.2) is 17.4 Å². The van der Waals surface area contributed by atoms with Crippen LogP contribution in [0.2, 0.25) is 0 Å². The molecule has 0 bridgehead atoms. The van der Waals surface area contributed by atoms with E-state index in [1.165, 1.54) is 11.3 Å². The summed E-state index contributed by atoms with van der Waals surface area (Å²) in [6, 6.07) is 17.2. The molecule has 0 fully saturated rings. The van der Waals surface area contributed by atoms with Crippen LogP contribution in [0.3, 0.4) is 0 Å². The van der Waals surface area contributed by atoms with Gasteiger partial charge in [0.25, 0.3) is 5.89 Å². The third kappa shape index (κ3) is 4.81. The first-order valence-corrected chi connectivity index (χ1v) is 9.96. The summed E-state index contributed by atoms with van der Waals surface area (Å²) in [7, 11) is 1.58. The van der Waals surface area contributed by atoms with Crippen LogP contribution in [-0.2, 0) is 17.9 Å². The summed E-state index contributed by atoms with van der Waals surface area (Å²) in [6.45, 7) is 0.484. The molecular formula is C21H18N4O4S. The van der Waals surface area contributed by atoms with Gasteiger partial charge < -0.3 is 19.3 Å². The van der Waals surface area contributed by atoms with Crippen LogP contribution >= 0.6 is 11.3 Å². The minimum atomic E-state index is -0.555. The van der Waals surface area contributed by atoms with Gasteiger partial charge in [0.2, 0.25) is 5.82 Å². The fourth-order valence-electron chi connectivity index (χ4n) is 2.62. The summed E-state index contributed by atoms with van der Waals surface area (Å²) in [4.78, 5) is 20.8. The number of thiazole rings is 1. The molecule has 0 aliphatic carbocycles. The van der Waals surface area contributed by atoms with E-state index in [4.69, 9.17) is 14.0 Å². The van der Waals surface area contributed by atoms with Crippen molar-refractivity contribution in [1.29, 1.82) is 0 Å². The molecule has 0 saturated heterocycles. The number of methoxy groups -OCH3 is 1. The maximum atomic E-state index is 12.3. The zero-order valence-electron chi connectivity index (χ0n) is 16.1. The molecule has 30 heavy (non-hydrogen) atoms. The standard InChI is InChI=1S/C21H18N4O4S/c1-27-16-9-5-8-15(10-16)19-24-18(29-25-19)12-28-20(26)17-13-30-21(23-17)22-11-14-6-3-2-4-7-14/h2-10,13H,11-12H2,1H3,(H,22,23). The van der Waals surface area contributed by atoms with E-state index < -0.39 is 5.97 Å². The number of nitrogens with one attached hydrogen (secondary N) is 1. The molecule has 2 aromatic heterocycles. The number of ether oxygens (including phenoxy) is 2. The minimum absolute atomic E-state index is 0.139. The van der Waals surface area contributed by atoms with Crippen molar-refractivity contribution in [2.75, 3.05) is 12.4 Å². The number of carbonyl (C=O) groups is 1. The lowest BCUT2D eigenvalue weighted by Gasteiger charge is -2.02. The van der Waals surface area contributed by atoms with Gasteiger partial charge >= 0.3 is 5.97 Å². The van der Waals surface area contributed by atoms with Crippen molar-refractivity contribution in [3.05, 3.63) is 77.1 Å². The van der Waals surface area contributed by atoms with Gasteiger partial charge in [0, 0.05) is 17.5 Å². The highest BCUT2D eigenvalue weighted by Gasteiger charge is 2.15. The first-order chi connectivity index (χ1) is 14.7. The third-order valence-electron chi connectivity index (χ3n) is 4.12. The average molecular weight is 422 g/mol. The molecule has 152 valence electrons. The van der Waals surface area contributed by atoms with E-state index in [-0.39, 0.29) is 18.2 Å². The van der Waals surface area contributed by atoms with Crippen LogP contribution in [0.15, 0.2) is 64.5 Å². The SMILES string of the molecule is COc1cccc(-c2noc(COC(=O)c3csc(NCc4ccccc4)n3)n2)c1. The molecule has 0 spiro atoms. The van der Waals surface area contributed by atoms with Crippen molar-refractivity contribution < 1.29 is 18.8 Å². The van der Waals surface area contributed by atoms with Gasteiger partial charge in [-0.05, 0) is 17.7 Å². The van der Waals surface area contributed by atoms with Crippen LogP contribution in [0.1, 0.15) is 21.9 Å². The Balaban J connectivity index is 1.32. The highest BCUT2D eigenvalue weighted by Crippen LogP contribution is 2.22. The molecule has 0 aliphatic rings. The zero-order valence-corrected chi connectivity index (χ0v) is 16.9. The van der Waals surface area contributed by atoms with Gasteiger partial charge in [0.05, 0.1) is 7.11 Å². The van der Waals surface area contributed by atoms with Crippen molar-refractivity contribution in [2.45, 2.75) is 13.2 Å². The van der Waals surface area contributed by atoms with Crippen molar-refractivity contribution in [3.8, 4) is 17.1 Å². The third-order valence-corrected chi connectivity index (χ3v) is 4.92. The number of nitrogens with zero attached hydrogens (tertiary/aromatic N) is 3. The second kappa shape index (κ2) is 9.19. The van der Waals surface area contributed by atoms with Crippen LogP contribution in [0.4, 0.5) is 5.13 Å². The van der Waals surface area contributed by atoms with Crippen LogP contribution < -0.4 is 10.1 Å². The van der Waals surface area contributed by atoms with Crippen LogP contribution in [0.5, 0.6) is 5.75 Å². The molecule has 8 nitrogen and oxygen atoms in total. The van der Waals surface area contributed by atoms with Crippen LogP contribution in [-0.4, -0.2) is 28.2 Å². The van der Waals surface area contributed by atoms with E-state index >= 15 is 0 Å². The molecule has 0 aliphatic heterocycles. The van der Waals surface area contributed by atoms with E-state index in [2.05, 4.69) is 20.4 Å². The number of aromatic nitrogens is 3. The molecule has 2 heterocycles.